The average molecular weight is 558 g/mol. The number of fused-ring (bicyclic) bond motifs is 3. The summed E-state index contributed by atoms with van der Waals surface area (Å²) in [6, 6.07) is 5.15. The third-order valence-electron chi connectivity index (χ3n) is 6.81. The molecule has 0 saturated carbocycles. The molecule has 13 heteroatoms. The number of hydrogen-bond donors (Lipinski definition) is 2. The first kappa shape index (κ1) is 25.6. The van der Waals surface area contributed by atoms with E-state index in [1.165, 1.54) is 25.6 Å². The first-order valence-corrected chi connectivity index (χ1v) is 12.2. The highest BCUT2D eigenvalue weighted by Gasteiger charge is 2.52. The van der Waals surface area contributed by atoms with E-state index in [2.05, 4.69) is 20.6 Å². The predicted octanol–water partition coefficient (Wildman–Crippen LogP) is 6.32. The molecule has 2 aliphatic heterocycles. The maximum atomic E-state index is 14.6. The van der Waals surface area contributed by atoms with Gasteiger partial charge >= 0.3 is 12.1 Å². The van der Waals surface area contributed by atoms with Crippen molar-refractivity contribution in [2.24, 2.45) is 0 Å². The number of halogens is 6. The van der Waals surface area contributed by atoms with Gasteiger partial charge in [-0.1, -0.05) is 23.2 Å². The van der Waals surface area contributed by atoms with Gasteiger partial charge in [-0.3, -0.25) is 4.79 Å². The molecule has 2 unspecified atom stereocenters. The fourth-order valence-electron chi connectivity index (χ4n) is 5.21. The van der Waals surface area contributed by atoms with Gasteiger partial charge in [0.05, 0.1) is 34.0 Å². The first-order chi connectivity index (χ1) is 17.6. The smallest absolute Gasteiger partial charge is 0.471 e. The van der Waals surface area contributed by atoms with Crippen molar-refractivity contribution in [1.82, 2.24) is 14.9 Å². The predicted molar refractivity (Wildman–Crippen MR) is 132 cm³/mol. The third kappa shape index (κ3) is 4.82. The van der Waals surface area contributed by atoms with E-state index in [0.29, 0.717) is 53.8 Å². The van der Waals surface area contributed by atoms with Gasteiger partial charge in [-0.25, -0.2) is 14.4 Å². The molecule has 5 rings (SSSR count). The van der Waals surface area contributed by atoms with Gasteiger partial charge in [0.2, 0.25) is 0 Å². The highest BCUT2D eigenvalue weighted by Crippen LogP contribution is 2.41. The van der Waals surface area contributed by atoms with Crippen molar-refractivity contribution >= 4 is 57.2 Å². The van der Waals surface area contributed by atoms with Crippen molar-refractivity contribution in [2.45, 2.75) is 50.0 Å². The molecule has 0 aliphatic carbocycles. The van der Waals surface area contributed by atoms with Crippen molar-refractivity contribution in [3.63, 3.8) is 0 Å². The van der Waals surface area contributed by atoms with Crippen molar-refractivity contribution in [3.05, 3.63) is 46.5 Å². The van der Waals surface area contributed by atoms with Crippen LogP contribution in [-0.4, -0.2) is 52.2 Å². The van der Waals surface area contributed by atoms with Crippen molar-refractivity contribution in [3.8, 4) is 5.75 Å². The summed E-state index contributed by atoms with van der Waals surface area (Å²) >= 11 is 11.8. The standard InChI is InChI=1S/C24H21Cl2F4N5O2/c1-37-19-9-17-14(22(32-10-31-17)34-16-5-4-15(25)20(26)21(16)27)8-18(19)33-11-6-12-2-3-13(7-11)35(12)23(36)24(28,29)30/h4-5,8-13,33H,2-3,6-7H2,1H3,(H,31,32,34). The molecule has 2 fully saturated rings. The lowest BCUT2D eigenvalue weighted by atomic mass is 9.96. The number of carbonyl (C=O) groups is 1. The van der Waals surface area contributed by atoms with Crippen LogP contribution >= 0.6 is 23.2 Å². The molecule has 1 aromatic heterocycles. The molecule has 2 bridgehead atoms. The lowest BCUT2D eigenvalue weighted by molar-refractivity contribution is -0.189. The SMILES string of the molecule is COc1cc2ncnc(Nc3ccc(Cl)c(Cl)c3F)c2cc1NC1CC2CCC(C1)N2C(=O)C(F)(F)F. The summed E-state index contributed by atoms with van der Waals surface area (Å²) in [5.41, 5.74) is 1.16. The second-order valence-corrected chi connectivity index (χ2v) is 9.83. The van der Waals surface area contributed by atoms with Crippen LogP contribution in [0.5, 0.6) is 5.75 Å². The fraction of sp³-hybridized carbons (Fsp3) is 0.375. The fourth-order valence-corrected chi connectivity index (χ4v) is 5.52. The van der Waals surface area contributed by atoms with Gasteiger partial charge in [0.1, 0.15) is 17.9 Å². The minimum absolute atomic E-state index is 0.0676. The van der Waals surface area contributed by atoms with Gasteiger partial charge in [0.25, 0.3) is 0 Å². The van der Waals surface area contributed by atoms with Crippen molar-refractivity contribution < 1.29 is 27.1 Å². The van der Waals surface area contributed by atoms with Gasteiger partial charge in [-0.05, 0) is 43.9 Å². The number of benzene rings is 2. The van der Waals surface area contributed by atoms with Crippen LogP contribution in [0.2, 0.25) is 10.0 Å². The highest BCUT2D eigenvalue weighted by atomic mass is 35.5. The van der Waals surface area contributed by atoms with Crippen LogP contribution in [0.3, 0.4) is 0 Å². The Morgan fingerprint density at radius 2 is 1.81 bits per heavy atom. The molecule has 3 heterocycles. The molecular formula is C24H21Cl2F4N5O2. The van der Waals surface area contributed by atoms with Crippen LogP contribution in [0.4, 0.5) is 34.8 Å². The molecule has 2 aromatic carbocycles. The Morgan fingerprint density at radius 3 is 2.46 bits per heavy atom. The van der Waals surface area contributed by atoms with E-state index in [1.54, 1.807) is 12.1 Å². The molecule has 2 aliphatic rings. The zero-order chi connectivity index (χ0) is 26.5. The van der Waals surface area contributed by atoms with Crippen molar-refractivity contribution in [2.75, 3.05) is 17.7 Å². The second kappa shape index (κ2) is 9.68. The number of methoxy groups -OCH3 is 1. The zero-order valence-corrected chi connectivity index (χ0v) is 20.9. The first-order valence-electron chi connectivity index (χ1n) is 11.5. The minimum Gasteiger partial charge on any atom is -0.495 e. The van der Waals surface area contributed by atoms with Crippen LogP contribution in [0.1, 0.15) is 25.7 Å². The van der Waals surface area contributed by atoms with Gasteiger partial charge < -0.3 is 20.3 Å². The Bertz CT molecular complexity index is 1360. The molecule has 7 nitrogen and oxygen atoms in total. The summed E-state index contributed by atoms with van der Waals surface area (Å²) in [7, 11) is 1.49. The summed E-state index contributed by atoms with van der Waals surface area (Å²) in [5, 5.41) is 6.69. The number of ether oxygens (including phenoxy) is 1. The van der Waals surface area contributed by atoms with Gasteiger partial charge in [0, 0.05) is 29.6 Å². The van der Waals surface area contributed by atoms with Gasteiger partial charge in [0.15, 0.2) is 5.82 Å². The Kier molecular flexibility index (Phi) is 6.70. The van der Waals surface area contributed by atoms with E-state index < -0.39 is 30.0 Å². The van der Waals surface area contributed by atoms with Crippen LogP contribution in [-0.2, 0) is 4.79 Å². The number of nitrogens with one attached hydrogen (secondary N) is 2. The van der Waals surface area contributed by atoms with Crippen molar-refractivity contribution in [1.29, 1.82) is 0 Å². The second-order valence-electron chi connectivity index (χ2n) is 9.05. The molecule has 1 amide bonds. The monoisotopic (exact) mass is 557 g/mol. The number of nitrogens with zero attached hydrogens (tertiary/aromatic N) is 3. The summed E-state index contributed by atoms with van der Waals surface area (Å²) < 4.78 is 59.4. The molecule has 37 heavy (non-hydrogen) atoms. The number of rotatable bonds is 5. The largest absolute Gasteiger partial charge is 0.495 e. The number of hydrogen-bond acceptors (Lipinski definition) is 6. The molecule has 0 spiro atoms. The number of aromatic nitrogens is 2. The minimum atomic E-state index is -4.89. The van der Waals surface area contributed by atoms with E-state index in [0.717, 1.165) is 4.90 Å². The molecule has 2 N–H and O–H groups in total. The van der Waals surface area contributed by atoms with E-state index in [1.807, 2.05) is 0 Å². The lowest BCUT2D eigenvalue weighted by Crippen LogP contribution is -2.53. The average Bonchev–Trinajstić information content (AvgIpc) is 3.12. The van der Waals surface area contributed by atoms with Gasteiger partial charge in [-0.2, -0.15) is 13.2 Å². The van der Waals surface area contributed by atoms with E-state index in [9.17, 15) is 22.4 Å². The highest BCUT2D eigenvalue weighted by molar-refractivity contribution is 6.42. The topological polar surface area (TPSA) is 79.4 Å². The molecule has 196 valence electrons. The van der Waals surface area contributed by atoms with Crippen LogP contribution in [0.25, 0.3) is 10.9 Å². The van der Waals surface area contributed by atoms with Gasteiger partial charge in [-0.15, -0.1) is 0 Å². The zero-order valence-electron chi connectivity index (χ0n) is 19.4. The molecular weight excluding hydrogens is 537 g/mol. The van der Waals surface area contributed by atoms with E-state index >= 15 is 0 Å². The molecule has 2 atom stereocenters. The van der Waals surface area contributed by atoms with Crippen LogP contribution in [0, 0.1) is 5.82 Å². The summed E-state index contributed by atoms with van der Waals surface area (Å²) in [6.45, 7) is 0. The number of alkyl halides is 3. The summed E-state index contributed by atoms with van der Waals surface area (Å²) in [6.07, 6.45) is -1.79. The molecule has 3 aromatic rings. The number of anilines is 3. The lowest BCUT2D eigenvalue weighted by Gasteiger charge is -2.39. The maximum Gasteiger partial charge on any atom is 0.471 e. The molecule has 0 radical (unpaired) electrons. The normalized spacial score (nSPS) is 21.3. The molecule has 2 saturated heterocycles. The number of amides is 1. The Morgan fingerprint density at radius 1 is 1.11 bits per heavy atom. The van der Waals surface area contributed by atoms with Crippen LogP contribution < -0.4 is 15.4 Å². The summed E-state index contributed by atoms with van der Waals surface area (Å²) in [4.78, 5) is 21.4. The Hall–Kier alpha value is -3.05. The quantitative estimate of drug-likeness (QED) is 0.282. The Labute approximate surface area is 219 Å². The number of piperidine rings is 1. The van der Waals surface area contributed by atoms with E-state index in [4.69, 9.17) is 27.9 Å². The Balaban J connectivity index is 1.43. The third-order valence-corrected chi connectivity index (χ3v) is 7.60. The number of carbonyl (C=O) groups excluding carboxylic acids is 1. The summed E-state index contributed by atoms with van der Waals surface area (Å²) in [5.74, 6) is -1.73. The van der Waals surface area contributed by atoms with Crippen LogP contribution in [0.15, 0.2) is 30.6 Å². The maximum absolute atomic E-state index is 14.6. The van der Waals surface area contributed by atoms with E-state index in [-0.39, 0.29) is 21.8 Å².